The van der Waals surface area contributed by atoms with Gasteiger partial charge in [0.05, 0.1) is 5.69 Å². The second-order valence-electron chi connectivity index (χ2n) is 4.66. The maximum absolute atomic E-state index is 12.1. The number of halogens is 1. The minimum Gasteiger partial charge on any atom is -0.324 e. The van der Waals surface area contributed by atoms with Crippen LogP contribution < -0.4 is 9.62 Å². The Morgan fingerprint density at radius 3 is 2.55 bits per heavy atom. The fourth-order valence-electron chi connectivity index (χ4n) is 1.84. The first-order valence-corrected chi connectivity index (χ1v) is 8.32. The van der Waals surface area contributed by atoms with Gasteiger partial charge >= 0.3 is 0 Å². The van der Waals surface area contributed by atoms with Gasteiger partial charge in [0.15, 0.2) is 0 Å². The van der Waals surface area contributed by atoms with Crippen LogP contribution in [0.4, 0.5) is 11.4 Å². The smallest absolute Gasteiger partial charge is 0.262 e. The minimum atomic E-state index is -2.28. The van der Waals surface area contributed by atoms with Crippen molar-refractivity contribution >= 4 is 44.5 Å². The average molecular weight is 383 g/mol. The van der Waals surface area contributed by atoms with E-state index in [1.165, 1.54) is 0 Å². The van der Waals surface area contributed by atoms with E-state index < -0.39 is 11.3 Å². The van der Waals surface area contributed by atoms with Crippen molar-refractivity contribution in [1.29, 1.82) is 0 Å². The van der Waals surface area contributed by atoms with Crippen LogP contribution in [0.3, 0.4) is 0 Å². The molecule has 0 aliphatic carbocycles. The number of hydrogen-bond acceptors (Lipinski definition) is 2. The van der Waals surface area contributed by atoms with Gasteiger partial charge < -0.3 is 5.32 Å². The lowest BCUT2D eigenvalue weighted by Crippen LogP contribution is -2.34. The topological polar surface area (TPSA) is 69.6 Å². The molecule has 1 unspecified atom stereocenters. The maximum atomic E-state index is 12.1. The van der Waals surface area contributed by atoms with Crippen LogP contribution in [0.15, 0.2) is 53.0 Å². The Morgan fingerprint density at radius 2 is 1.95 bits per heavy atom. The number of anilines is 2. The Balaban J connectivity index is 2.09. The summed E-state index contributed by atoms with van der Waals surface area (Å²) < 4.78 is 22.8. The predicted molar refractivity (Wildman–Crippen MR) is 92.1 cm³/mol. The van der Waals surface area contributed by atoms with E-state index in [0.717, 1.165) is 14.3 Å². The molecule has 2 aromatic carbocycles. The lowest BCUT2D eigenvalue weighted by atomic mass is 10.2. The van der Waals surface area contributed by atoms with Crippen LogP contribution in [0.1, 0.15) is 5.56 Å². The Labute approximate surface area is 139 Å². The number of aryl methyl sites for hydroxylation is 1. The van der Waals surface area contributed by atoms with E-state index in [-0.39, 0.29) is 12.5 Å². The zero-order chi connectivity index (χ0) is 16.1. The summed E-state index contributed by atoms with van der Waals surface area (Å²) in [6.07, 6.45) is 0. The van der Waals surface area contributed by atoms with E-state index in [2.05, 4.69) is 21.2 Å². The summed E-state index contributed by atoms with van der Waals surface area (Å²) in [5.74, 6) is -0.374. The zero-order valence-electron chi connectivity index (χ0n) is 11.8. The first-order chi connectivity index (χ1) is 10.5. The molecule has 116 valence electrons. The highest BCUT2D eigenvalue weighted by Crippen LogP contribution is 2.18. The molecule has 22 heavy (non-hydrogen) atoms. The summed E-state index contributed by atoms with van der Waals surface area (Å²) in [5.41, 5.74) is 2.16. The minimum absolute atomic E-state index is 0.224. The van der Waals surface area contributed by atoms with Gasteiger partial charge in [-0.25, -0.2) is 4.21 Å². The second-order valence-corrected chi connectivity index (χ2v) is 6.48. The van der Waals surface area contributed by atoms with Crippen molar-refractivity contribution in [3.05, 3.63) is 58.6 Å². The van der Waals surface area contributed by atoms with Gasteiger partial charge in [-0.05, 0) is 37.3 Å². The lowest BCUT2D eigenvalue weighted by Gasteiger charge is -2.19. The first kappa shape index (κ1) is 16.7. The molecular formula is C15H15BrN2O3S. The summed E-state index contributed by atoms with van der Waals surface area (Å²) in [6, 6.07) is 14.2. The van der Waals surface area contributed by atoms with Gasteiger partial charge in [0.2, 0.25) is 5.91 Å². The van der Waals surface area contributed by atoms with Crippen molar-refractivity contribution < 1.29 is 13.6 Å². The number of hydrogen-bond donors (Lipinski definition) is 2. The van der Waals surface area contributed by atoms with E-state index >= 15 is 0 Å². The van der Waals surface area contributed by atoms with Gasteiger partial charge in [-0.2, -0.15) is 0 Å². The summed E-state index contributed by atoms with van der Waals surface area (Å²) in [5, 5.41) is 2.69. The van der Waals surface area contributed by atoms with Crippen molar-refractivity contribution in [1.82, 2.24) is 0 Å². The Hall–Kier alpha value is -1.70. The molecule has 5 nitrogen and oxygen atoms in total. The van der Waals surface area contributed by atoms with Crippen LogP contribution in [0.2, 0.25) is 0 Å². The molecule has 0 aliphatic heterocycles. The summed E-state index contributed by atoms with van der Waals surface area (Å²) in [4.78, 5) is 12.1. The molecule has 0 fully saturated rings. The molecule has 0 spiro atoms. The van der Waals surface area contributed by atoms with Crippen molar-refractivity contribution in [3.8, 4) is 0 Å². The largest absolute Gasteiger partial charge is 0.324 e. The molecule has 1 amide bonds. The zero-order valence-corrected chi connectivity index (χ0v) is 14.2. The van der Waals surface area contributed by atoms with Crippen LogP contribution >= 0.6 is 15.9 Å². The van der Waals surface area contributed by atoms with E-state index in [1.807, 2.05) is 25.1 Å². The van der Waals surface area contributed by atoms with E-state index in [9.17, 15) is 13.6 Å². The SMILES string of the molecule is Cc1ccc(N(CC(=O)Nc2cccc(Br)c2)S(=O)O)cc1. The fraction of sp³-hybridized carbons (Fsp3) is 0.133. The molecule has 0 saturated carbocycles. The van der Waals surface area contributed by atoms with Crippen LogP contribution in [0, 0.1) is 6.92 Å². The summed E-state index contributed by atoms with van der Waals surface area (Å²) >= 11 is 1.04. The normalized spacial score (nSPS) is 11.8. The van der Waals surface area contributed by atoms with Gasteiger partial charge in [-0.15, -0.1) is 0 Å². The number of amides is 1. The molecule has 7 heteroatoms. The number of nitrogens with zero attached hydrogens (tertiary/aromatic N) is 1. The number of rotatable bonds is 5. The molecule has 2 aromatic rings. The van der Waals surface area contributed by atoms with Gasteiger partial charge in [-0.1, -0.05) is 39.7 Å². The quantitative estimate of drug-likeness (QED) is 0.779. The van der Waals surface area contributed by atoms with Gasteiger partial charge in [-0.3, -0.25) is 13.7 Å². The third-order valence-corrected chi connectivity index (χ3v) is 4.12. The van der Waals surface area contributed by atoms with Crippen LogP contribution in [-0.2, 0) is 16.1 Å². The average Bonchev–Trinajstić information content (AvgIpc) is 2.45. The number of carbonyl (C=O) groups excluding carboxylic acids is 1. The summed E-state index contributed by atoms with van der Waals surface area (Å²) in [6.45, 7) is 1.70. The van der Waals surface area contributed by atoms with E-state index in [4.69, 9.17) is 0 Å². The molecule has 0 aliphatic rings. The molecule has 2 N–H and O–H groups in total. The standard InChI is InChI=1S/C15H15BrN2O3S/c1-11-5-7-14(8-6-11)18(22(20)21)10-15(19)17-13-4-2-3-12(16)9-13/h2-9H,10H2,1H3,(H,17,19)(H,20,21). The Morgan fingerprint density at radius 1 is 1.27 bits per heavy atom. The van der Waals surface area contributed by atoms with Gasteiger partial charge in [0.25, 0.3) is 11.3 Å². The monoisotopic (exact) mass is 382 g/mol. The fourth-order valence-corrected chi connectivity index (χ4v) is 2.77. The van der Waals surface area contributed by atoms with Crippen LogP contribution in [0.5, 0.6) is 0 Å². The number of carbonyl (C=O) groups is 1. The van der Waals surface area contributed by atoms with Gasteiger partial charge in [0.1, 0.15) is 6.54 Å². The molecule has 2 rings (SSSR count). The maximum Gasteiger partial charge on any atom is 0.262 e. The Bertz CT molecular complexity index is 691. The van der Waals surface area contributed by atoms with Crippen LogP contribution in [-0.4, -0.2) is 21.2 Å². The predicted octanol–water partition coefficient (Wildman–Crippen LogP) is 3.34. The Kier molecular flexibility index (Phi) is 5.70. The molecule has 0 heterocycles. The third-order valence-electron chi connectivity index (χ3n) is 2.91. The highest BCUT2D eigenvalue weighted by atomic mass is 79.9. The molecular weight excluding hydrogens is 368 g/mol. The number of nitrogens with one attached hydrogen (secondary N) is 1. The highest BCUT2D eigenvalue weighted by molar-refractivity contribution is 9.10. The van der Waals surface area contributed by atoms with E-state index in [1.54, 1.807) is 30.3 Å². The molecule has 1 atom stereocenters. The summed E-state index contributed by atoms with van der Waals surface area (Å²) in [7, 11) is 0. The first-order valence-electron chi connectivity index (χ1n) is 6.46. The lowest BCUT2D eigenvalue weighted by molar-refractivity contribution is -0.114. The van der Waals surface area contributed by atoms with Crippen molar-refractivity contribution in [2.45, 2.75) is 6.92 Å². The molecule has 0 saturated heterocycles. The molecule has 0 radical (unpaired) electrons. The van der Waals surface area contributed by atoms with Crippen molar-refractivity contribution in [2.24, 2.45) is 0 Å². The third kappa shape index (κ3) is 4.66. The highest BCUT2D eigenvalue weighted by Gasteiger charge is 2.16. The van der Waals surface area contributed by atoms with E-state index in [0.29, 0.717) is 11.4 Å². The number of benzene rings is 2. The van der Waals surface area contributed by atoms with Gasteiger partial charge in [0, 0.05) is 10.2 Å². The van der Waals surface area contributed by atoms with Crippen molar-refractivity contribution in [2.75, 3.05) is 16.2 Å². The van der Waals surface area contributed by atoms with Crippen LogP contribution in [0.25, 0.3) is 0 Å². The van der Waals surface area contributed by atoms with Crippen molar-refractivity contribution in [3.63, 3.8) is 0 Å². The second kappa shape index (κ2) is 7.53. The molecule has 0 aromatic heterocycles. The molecule has 0 bridgehead atoms.